The van der Waals surface area contributed by atoms with Crippen LogP contribution in [0.3, 0.4) is 0 Å². The normalized spacial score (nSPS) is 12.7. The van der Waals surface area contributed by atoms with Gasteiger partial charge in [0.1, 0.15) is 6.10 Å². The molecule has 0 saturated carbocycles. The summed E-state index contributed by atoms with van der Waals surface area (Å²) in [7, 11) is -3.74. The van der Waals surface area contributed by atoms with Gasteiger partial charge in [-0.2, -0.15) is 0 Å². The van der Waals surface area contributed by atoms with Crippen molar-refractivity contribution in [1.29, 1.82) is 0 Å². The van der Waals surface area contributed by atoms with Crippen molar-refractivity contribution < 1.29 is 17.9 Å². The van der Waals surface area contributed by atoms with E-state index in [2.05, 4.69) is 11.9 Å². The minimum absolute atomic E-state index is 0.0181. The number of nitrogens with one attached hydrogen (secondary N) is 1. The number of primary sulfonamides is 1. The van der Waals surface area contributed by atoms with Gasteiger partial charge in [0.2, 0.25) is 15.9 Å². The molecule has 116 valence electrons. The summed E-state index contributed by atoms with van der Waals surface area (Å²) in [5.41, 5.74) is 0.646. The van der Waals surface area contributed by atoms with Gasteiger partial charge in [0.05, 0.1) is 11.5 Å². The molecule has 0 saturated heterocycles. The van der Waals surface area contributed by atoms with E-state index in [4.69, 9.17) is 9.88 Å². The van der Waals surface area contributed by atoms with Gasteiger partial charge in [-0.25, -0.2) is 13.6 Å². The fourth-order valence-electron chi connectivity index (χ4n) is 1.57. The molecule has 7 heteroatoms. The molecule has 1 rings (SSSR count). The molecule has 1 amide bonds. The van der Waals surface area contributed by atoms with Crippen LogP contribution in [0.5, 0.6) is 0 Å². The second-order valence-electron chi connectivity index (χ2n) is 4.50. The number of sulfonamides is 1. The van der Waals surface area contributed by atoms with Crippen molar-refractivity contribution in [3.8, 4) is 0 Å². The Hall–Kier alpha value is -1.70. The molecule has 3 N–H and O–H groups in total. The summed E-state index contributed by atoms with van der Waals surface area (Å²) in [4.78, 5) is 11.8. The van der Waals surface area contributed by atoms with Crippen molar-refractivity contribution in [2.75, 3.05) is 6.61 Å². The van der Waals surface area contributed by atoms with Gasteiger partial charge in [0.25, 0.3) is 0 Å². The molecule has 0 aromatic heterocycles. The van der Waals surface area contributed by atoms with Crippen molar-refractivity contribution in [3.63, 3.8) is 0 Å². The van der Waals surface area contributed by atoms with Gasteiger partial charge >= 0.3 is 0 Å². The first-order valence-electron chi connectivity index (χ1n) is 6.46. The molecule has 0 radical (unpaired) electrons. The van der Waals surface area contributed by atoms with Gasteiger partial charge in [0, 0.05) is 6.54 Å². The Balaban J connectivity index is 2.55. The van der Waals surface area contributed by atoms with E-state index in [9.17, 15) is 13.2 Å². The average Bonchev–Trinajstić information content (AvgIpc) is 2.44. The lowest BCUT2D eigenvalue weighted by Crippen LogP contribution is -2.34. The first kappa shape index (κ1) is 17.4. The van der Waals surface area contributed by atoms with Gasteiger partial charge < -0.3 is 10.1 Å². The molecule has 0 fully saturated rings. The maximum absolute atomic E-state index is 11.8. The van der Waals surface area contributed by atoms with Crippen LogP contribution in [-0.4, -0.2) is 27.0 Å². The van der Waals surface area contributed by atoms with E-state index >= 15 is 0 Å². The van der Waals surface area contributed by atoms with Gasteiger partial charge in [-0.15, -0.1) is 6.58 Å². The predicted molar refractivity (Wildman–Crippen MR) is 79.9 cm³/mol. The molecule has 0 spiro atoms. The quantitative estimate of drug-likeness (QED) is 0.551. The summed E-state index contributed by atoms with van der Waals surface area (Å²) < 4.78 is 27.8. The molecule has 0 aliphatic rings. The maximum atomic E-state index is 11.8. The summed E-state index contributed by atoms with van der Waals surface area (Å²) in [6.07, 6.45) is 1.81. The van der Waals surface area contributed by atoms with Crippen LogP contribution in [0.15, 0.2) is 41.8 Å². The van der Waals surface area contributed by atoms with E-state index in [-0.39, 0.29) is 17.3 Å². The van der Waals surface area contributed by atoms with Gasteiger partial charge in [0.15, 0.2) is 0 Å². The third-order valence-electron chi connectivity index (χ3n) is 2.75. The molecule has 0 aliphatic heterocycles. The van der Waals surface area contributed by atoms with E-state index in [1.54, 1.807) is 25.1 Å². The molecule has 6 nitrogen and oxygen atoms in total. The number of nitrogens with two attached hydrogens (primary N) is 1. The van der Waals surface area contributed by atoms with E-state index in [0.717, 1.165) is 0 Å². The first-order valence-corrected chi connectivity index (χ1v) is 8.01. The molecule has 0 aliphatic carbocycles. The number of carbonyl (C=O) groups excluding carboxylic acids is 1. The Labute approximate surface area is 125 Å². The Kier molecular flexibility index (Phi) is 6.54. The third-order valence-corrected chi connectivity index (χ3v) is 3.66. The Morgan fingerprint density at radius 3 is 2.86 bits per heavy atom. The third kappa shape index (κ3) is 6.07. The zero-order valence-corrected chi connectivity index (χ0v) is 12.7. The minimum atomic E-state index is -3.74. The number of rotatable bonds is 8. The number of hydrogen-bond donors (Lipinski definition) is 2. The monoisotopic (exact) mass is 312 g/mol. The van der Waals surface area contributed by atoms with Gasteiger partial charge in [-0.3, -0.25) is 4.79 Å². The van der Waals surface area contributed by atoms with E-state index in [1.165, 1.54) is 12.1 Å². The molecule has 21 heavy (non-hydrogen) atoms. The molecule has 0 unspecified atom stereocenters. The van der Waals surface area contributed by atoms with Crippen molar-refractivity contribution in [3.05, 3.63) is 42.5 Å². The van der Waals surface area contributed by atoms with Crippen molar-refractivity contribution in [2.24, 2.45) is 5.14 Å². The van der Waals surface area contributed by atoms with Gasteiger partial charge in [-0.1, -0.05) is 18.2 Å². The molecular weight excluding hydrogens is 292 g/mol. The lowest BCUT2D eigenvalue weighted by Gasteiger charge is -2.13. The second kappa shape index (κ2) is 7.92. The molecule has 0 heterocycles. The van der Waals surface area contributed by atoms with Crippen LogP contribution in [0.25, 0.3) is 0 Å². The minimum Gasteiger partial charge on any atom is -0.368 e. The molecule has 1 aromatic rings. The van der Waals surface area contributed by atoms with Crippen LogP contribution in [-0.2, 0) is 26.1 Å². The highest BCUT2D eigenvalue weighted by Gasteiger charge is 2.13. The number of ether oxygens (including phenoxy) is 1. The summed E-state index contributed by atoms with van der Waals surface area (Å²) >= 11 is 0. The highest BCUT2D eigenvalue weighted by Crippen LogP contribution is 2.09. The molecular formula is C14H20N2O4S. The topological polar surface area (TPSA) is 98.5 Å². The fourth-order valence-corrected chi connectivity index (χ4v) is 2.15. The molecule has 1 aromatic carbocycles. The fraction of sp³-hybridized carbons (Fsp3) is 0.357. The average molecular weight is 312 g/mol. The molecule has 1 atom stereocenters. The second-order valence-corrected chi connectivity index (χ2v) is 6.06. The van der Waals surface area contributed by atoms with E-state index in [1.807, 2.05) is 0 Å². The Bertz CT molecular complexity index is 599. The highest BCUT2D eigenvalue weighted by molar-refractivity contribution is 7.89. The van der Waals surface area contributed by atoms with Crippen LogP contribution in [0.2, 0.25) is 0 Å². The predicted octanol–water partition coefficient (Wildman–Crippen LogP) is 0.931. The van der Waals surface area contributed by atoms with Crippen LogP contribution >= 0.6 is 0 Å². The van der Waals surface area contributed by atoms with Crippen LogP contribution < -0.4 is 10.5 Å². The smallest absolute Gasteiger partial charge is 0.249 e. The zero-order chi connectivity index (χ0) is 15.9. The van der Waals surface area contributed by atoms with Crippen LogP contribution in [0.4, 0.5) is 0 Å². The van der Waals surface area contributed by atoms with Crippen LogP contribution in [0, 0.1) is 0 Å². The Morgan fingerprint density at radius 2 is 2.24 bits per heavy atom. The zero-order valence-electron chi connectivity index (χ0n) is 11.9. The largest absolute Gasteiger partial charge is 0.368 e. The lowest BCUT2D eigenvalue weighted by atomic mass is 10.2. The van der Waals surface area contributed by atoms with E-state index < -0.39 is 16.1 Å². The maximum Gasteiger partial charge on any atom is 0.249 e. The SMILES string of the molecule is C=CCCO[C@@H](C)C(=O)NCc1cccc(S(N)(=O)=O)c1. The first-order chi connectivity index (χ1) is 9.84. The summed E-state index contributed by atoms with van der Waals surface area (Å²) in [5, 5.41) is 7.73. The van der Waals surface area contributed by atoms with Crippen molar-refractivity contribution in [2.45, 2.75) is 30.9 Å². The molecule has 0 bridgehead atoms. The van der Waals surface area contributed by atoms with Crippen molar-refractivity contribution in [1.82, 2.24) is 5.32 Å². The lowest BCUT2D eigenvalue weighted by molar-refractivity contribution is -0.131. The summed E-state index contributed by atoms with van der Waals surface area (Å²) in [5.74, 6) is -0.264. The van der Waals surface area contributed by atoms with Crippen LogP contribution in [0.1, 0.15) is 18.9 Å². The van der Waals surface area contributed by atoms with E-state index in [0.29, 0.717) is 18.6 Å². The van der Waals surface area contributed by atoms with Gasteiger partial charge in [-0.05, 0) is 31.0 Å². The number of benzene rings is 1. The number of hydrogen-bond acceptors (Lipinski definition) is 4. The Morgan fingerprint density at radius 1 is 1.52 bits per heavy atom. The number of amides is 1. The standard InChI is InChI=1S/C14H20N2O4S/c1-3-4-8-20-11(2)14(17)16-10-12-6-5-7-13(9-12)21(15,18)19/h3,5-7,9,11H,1,4,8,10H2,2H3,(H,16,17)(H2,15,18,19)/t11-/m0/s1. The summed E-state index contributed by atoms with van der Waals surface area (Å²) in [6, 6.07) is 6.12. The van der Waals surface area contributed by atoms with Crippen molar-refractivity contribution >= 4 is 15.9 Å². The number of carbonyl (C=O) groups is 1. The highest BCUT2D eigenvalue weighted by atomic mass is 32.2. The summed E-state index contributed by atoms with van der Waals surface area (Å²) in [6.45, 7) is 5.85.